The predicted molar refractivity (Wildman–Crippen MR) is 93.0 cm³/mol. The van der Waals surface area contributed by atoms with Crippen molar-refractivity contribution in [1.29, 1.82) is 0 Å². The van der Waals surface area contributed by atoms with Crippen LogP contribution in [0, 0.1) is 0 Å². The van der Waals surface area contributed by atoms with Crippen LogP contribution in [0.1, 0.15) is 25.7 Å². The minimum absolute atomic E-state index is 0.141. The smallest absolute Gasteiger partial charge is 0.212 e. The van der Waals surface area contributed by atoms with Gasteiger partial charge in [-0.1, -0.05) is 30.5 Å². The highest BCUT2D eigenvalue weighted by Gasteiger charge is 2.38. The SMILES string of the molecule is O=S(=O)(c1cccc(Cl)c1)N1CCN(S(=O)(=O)C2CCCC2)CC1. The van der Waals surface area contributed by atoms with Crippen LogP contribution >= 0.6 is 11.6 Å². The summed E-state index contributed by atoms with van der Waals surface area (Å²) in [6.45, 7) is 0.749. The second kappa shape index (κ2) is 6.92. The number of piperazine rings is 1. The van der Waals surface area contributed by atoms with Crippen molar-refractivity contribution in [2.45, 2.75) is 35.8 Å². The van der Waals surface area contributed by atoms with E-state index in [1.54, 1.807) is 12.1 Å². The molecule has 9 heteroatoms. The van der Waals surface area contributed by atoms with Gasteiger partial charge in [-0.05, 0) is 31.0 Å². The molecule has 0 amide bonds. The van der Waals surface area contributed by atoms with Crippen molar-refractivity contribution in [1.82, 2.24) is 8.61 Å². The molecule has 0 radical (unpaired) electrons. The van der Waals surface area contributed by atoms with Crippen LogP contribution in [0.2, 0.25) is 5.02 Å². The fourth-order valence-electron chi connectivity index (χ4n) is 3.34. The molecule has 1 heterocycles. The second-order valence-electron chi connectivity index (χ2n) is 6.21. The Hall–Kier alpha value is -0.670. The highest BCUT2D eigenvalue weighted by atomic mass is 35.5. The Morgan fingerprint density at radius 2 is 1.50 bits per heavy atom. The molecular formula is C15H21ClN2O4S2. The van der Waals surface area contributed by atoms with E-state index in [-0.39, 0.29) is 36.3 Å². The van der Waals surface area contributed by atoms with Gasteiger partial charge < -0.3 is 0 Å². The number of nitrogens with zero attached hydrogens (tertiary/aromatic N) is 2. The zero-order chi connectivity index (χ0) is 17.4. The van der Waals surface area contributed by atoms with E-state index in [0.717, 1.165) is 12.8 Å². The van der Waals surface area contributed by atoms with E-state index in [4.69, 9.17) is 11.6 Å². The lowest BCUT2D eigenvalue weighted by atomic mass is 10.4. The van der Waals surface area contributed by atoms with E-state index >= 15 is 0 Å². The maximum absolute atomic E-state index is 12.7. The molecular weight excluding hydrogens is 372 g/mol. The van der Waals surface area contributed by atoms with Crippen molar-refractivity contribution in [3.63, 3.8) is 0 Å². The molecule has 0 aromatic heterocycles. The highest BCUT2D eigenvalue weighted by molar-refractivity contribution is 7.90. The first-order valence-electron chi connectivity index (χ1n) is 8.06. The summed E-state index contributed by atoms with van der Waals surface area (Å²) in [5.41, 5.74) is 0. The normalized spacial score (nSPS) is 22.0. The summed E-state index contributed by atoms with van der Waals surface area (Å²) in [7, 11) is -6.96. The summed E-state index contributed by atoms with van der Waals surface area (Å²) < 4.78 is 53.3. The van der Waals surface area contributed by atoms with Gasteiger partial charge in [-0.3, -0.25) is 0 Å². The molecule has 134 valence electrons. The van der Waals surface area contributed by atoms with Crippen LogP contribution in [0.3, 0.4) is 0 Å². The topological polar surface area (TPSA) is 74.8 Å². The summed E-state index contributed by atoms with van der Waals surface area (Å²) in [4.78, 5) is 0.141. The Morgan fingerprint density at radius 1 is 0.917 bits per heavy atom. The number of hydrogen-bond acceptors (Lipinski definition) is 4. The molecule has 1 saturated heterocycles. The zero-order valence-corrected chi connectivity index (χ0v) is 15.7. The summed E-state index contributed by atoms with van der Waals surface area (Å²) in [6, 6.07) is 6.13. The predicted octanol–water partition coefficient (Wildman–Crippen LogP) is 1.92. The van der Waals surface area contributed by atoms with Gasteiger partial charge in [0, 0.05) is 31.2 Å². The lowest BCUT2D eigenvalue weighted by molar-refractivity contribution is 0.270. The van der Waals surface area contributed by atoms with E-state index in [1.165, 1.54) is 20.7 Å². The number of sulfonamides is 2. The molecule has 2 aliphatic rings. The summed E-state index contributed by atoms with van der Waals surface area (Å²) in [6.07, 6.45) is 3.33. The number of benzene rings is 1. The Morgan fingerprint density at radius 3 is 2.08 bits per heavy atom. The zero-order valence-electron chi connectivity index (χ0n) is 13.3. The maximum atomic E-state index is 12.7. The fourth-order valence-corrected chi connectivity index (χ4v) is 7.08. The first-order valence-corrected chi connectivity index (χ1v) is 11.4. The van der Waals surface area contributed by atoms with Crippen LogP contribution in [-0.4, -0.2) is 56.9 Å². The second-order valence-corrected chi connectivity index (χ2v) is 10.8. The van der Waals surface area contributed by atoms with Gasteiger partial charge in [0.15, 0.2) is 0 Å². The standard InChI is InChI=1S/C15H21ClN2O4S2/c16-13-4-3-7-15(12-13)24(21,22)18-10-8-17(9-11-18)23(19,20)14-5-1-2-6-14/h3-4,7,12,14H,1-2,5-6,8-11H2. The molecule has 0 atom stereocenters. The van der Waals surface area contributed by atoms with Crippen LogP contribution in [0.15, 0.2) is 29.2 Å². The van der Waals surface area contributed by atoms with Crippen molar-refractivity contribution < 1.29 is 16.8 Å². The van der Waals surface area contributed by atoms with E-state index in [2.05, 4.69) is 0 Å². The van der Waals surface area contributed by atoms with Gasteiger partial charge >= 0.3 is 0 Å². The summed E-state index contributed by atoms with van der Waals surface area (Å²) >= 11 is 5.88. The molecule has 0 unspecified atom stereocenters. The first kappa shape index (κ1) is 18.1. The van der Waals surface area contributed by atoms with Crippen LogP contribution in [0.25, 0.3) is 0 Å². The molecule has 2 fully saturated rings. The van der Waals surface area contributed by atoms with Crippen molar-refractivity contribution in [3.05, 3.63) is 29.3 Å². The van der Waals surface area contributed by atoms with Gasteiger partial charge in [0.25, 0.3) is 0 Å². The molecule has 1 aromatic carbocycles. The van der Waals surface area contributed by atoms with E-state index in [1.807, 2.05) is 0 Å². The molecule has 1 aliphatic carbocycles. The fraction of sp³-hybridized carbons (Fsp3) is 0.600. The Kier molecular flexibility index (Phi) is 5.22. The third-order valence-electron chi connectivity index (χ3n) is 4.71. The monoisotopic (exact) mass is 392 g/mol. The Balaban J connectivity index is 1.71. The number of hydrogen-bond donors (Lipinski definition) is 0. The lowest BCUT2D eigenvalue weighted by Gasteiger charge is -2.34. The van der Waals surface area contributed by atoms with Crippen LogP contribution in [0.5, 0.6) is 0 Å². The van der Waals surface area contributed by atoms with Gasteiger partial charge in [-0.15, -0.1) is 0 Å². The van der Waals surface area contributed by atoms with Gasteiger partial charge in [-0.25, -0.2) is 16.8 Å². The van der Waals surface area contributed by atoms with Crippen molar-refractivity contribution >= 4 is 31.6 Å². The quantitative estimate of drug-likeness (QED) is 0.784. The van der Waals surface area contributed by atoms with Gasteiger partial charge in [-0.2, -0.15) is 8.61 Å². The molecule has 1 saturated carbocycles. The molecule has 0 spiro atoms. The van der Waals surface area contributed by atoms with Crippen LogP contribution < -0.4 is 0 Å². The third kappa shape index (κ3) is 3.48. The van der Waals surface area contributed by atoms with E-state index < -0.39 is 20.0 Å². The lowest BCUT2D eigenvalue weighted by Crippen LogP contribution is -2.52. The average Bonchev–Trinajstić information content (AvgIpc) is 3.10. The molecule has 6 nitrogen and oxygen atoms in total. The van der Waals surface area contributed by atoms with Gasteiger partial charge in [0.05, 0.1) is 10.1 Å². The average molecular weight is 393 g/mol. The highest BCUT2D eigenvalue weighted by Crippen LogP contribution is 2.28. The molecule has 1 aliphatic heterocycles. The maximum Gasteiger partial charge on any atom is 0.243 e. The number of rotatable bonds is 4. The molecule has 0 N–H and O–H groups in total. The summed E-state index contributed by atoms with van der Waals surface area (Å²) in [5.74, 6) is 0. The Bertz CT molecular complexity index is 797. The molecule has 1 aromatic rings. The van der Waals surface area contributed by atoms with Gasteiger partial charge in [0.1, 0.15) is 0 Å². The molecule has 0 bridgehead atoms. The third-order valence-corrected chi connectivity index (χ3v) is 9.24. The van der Waals surface area contributed by atoms with Crippen molar-refractivity contribution in [2.75, 3.05) is 26.2 Å². The van der Waals surface area contributed by atoms with Gasteiger partial charge in [0.2, 0.25) is 20.0 Å². The summed E-state index contributed by atoms with van der Waals surface area (Å²) in [5, 5.41) is 0.0621. The minimum Gasteiger partial charge on any atom is -0.212 e. The van der Waals surface area contributed by atoms with Crippen molar-refractivity contribution in [2.24, 2.45) is 0 Å². The van der Waals surface area contributed by atoms with Crippen molar-refractivity contribution in [3.8, 4) is 0 Å². The Labute approximate surface area is 148 Å². The van der Waals surface area contributed by atoms with Crippen LogP contribution in [0.4, 0.5) is 0 Å². The molecule has 3 rings (SSSR count). The van der Waals surface area contributed by atoms with Crippen LogP contribution in [-0.2, 0) is 20.0 Å². The minimum atomic E-state index is -3.65. The van der Waals surface area contributed by atoms with E-state index in [0.29, 0.717) is 17.9 Å². The largest absolute Gasteiger partial charge is 0.243 e. The molecule has 24 heavy (non-hydrogen) atoms. The number of halogens is 1. The first-order chi connectivity index (χ1) is 11.3. The van der Waals surface area contributed by atoms with E-state index in [9.17, 15) is 16.8 Å².